The minimum Gasteiger partial charge on any atom is -0.350 e. The van der Waals surface area contributed by atoms with Crippen molar-refractivity contribution in [3.8, 4) is 0 Å². The van der Waals surface area contributed by atoms with E-state index in [4.69, 9.17) is 0 Å². The molecule has 2 N–H and O–H groups in total. The molecule has 0 aromatic carbocycles. The van der Waals surface area contributed by atoms with Crippen molar-refractivity contribution in [3.05, 3.63) is 0 Å². The molecule has 0 fully saturated rings. The summed E-state index contributed by atoms with van der Waals surface area (Å²) in [6, 6.07) is -0.364. The van der Waals surface area contributed by atoms with Crippen molar-refractivity contribution in [1.29, 1.82) is 0 Å². The van der Waals surface area contributed by atoms with Gasteiger partial charge in [0.25, 0.3) is 0 Å². The third-order valence-corrected chi connectivity index (χ3v) is 3.00. The zero-order valence-corrected chi connectivity index (χ0v) is 14.0. The van der Waals surface area contributed by atoms with Crippen molar-refractivity contribution < 1.29 is 9.59 Å². The van der Waals surface area contributed by atoms with E-state index in [1.165, 1.54) is 6.92 Å². The second kappa shape index (κ2) is 8.95. The lowest BCUT2D eigenvalue weighted by molar-refractivity contribution is -0.129. The number of rotatable bonds is 8. The van der Waals surface area contributed by atoms with Crippen molar-refractivity contribution in [3.63, 3.8) is 0 Å². The molecule has 0 saturated heterocycles. The van der Waals surface area contributed by atoms with Crippen LogP contribution in [-0.2, 0) is 9.59 Å². The molecule has 0 heterocycles. The maximum Gasteiger partial charge on any atom is 0.243 e. The van der Waals surface area contributed by atoms with Gasteiger partial charge in [-0.1, -0.05) is 27.7 Å². The standard InChI is InChI=1S/C15H31N3O2/c1-10(2)8-13(9-18(6)7)17-15(20)14(11(3)4)16-12(5)19/h10-11,13-14H,8-9H2,1-7H3,(H,16,19)(H,17,20). The van der Waals surface area contributed by atoms with Crippen LogP contribution in [0, 0.1) is 11.8 Å². The largest absolute Gasteiger partial charge is 0.350 e. The summed E-state index contributed by atoms with van der Waals surface area (Å²) in [4.78, 5) is 25.6. The Morgan fingerprint density at radius 2 is 1.60 bits per heavy atom. The van der Waals surface area contributed by atoms with Crippen molar-refractivity contribution in [2.45, 2.75) is 53.1 Å². The zero-order valence-electron chi connectivity index (χ0n) is 14.0. The molecule has 118 valence electrons. The molecular weight excluding hydrogens is 254 g/mol. The van der Waals surface area contributed by atoms with E-state index in [2.05, 4.69) is 29.4 Å². The van der Waals surface area contributed by atoms with Crippen LogP contribution in [0.15, 0.2) is 0 Å². The number of nitrogens with zero attached hydrogens (tertiary/aromatic N) is 1. The predicted molar refractivity (Wildman–Crippen MR) is 82.4 cm³/mol. The van der Waals surface area contributed by atoms with Crippen LogP contribution in [0.1, 0.15) is 41.0 Å². The average Bonchev–Trinajstić information content (AvgIpc) is 2.22. The third-order valence-electron chi connectivity index (χ3n) is 3.00. The van der Waals surface area contributed by atoms with Gasteiger partial charge in [0.15, 0.2) is 0 Å². The Hall–Kier alpha value is -1.10. The van der Waals surface area contributed by atoms with E-state index in [0.717, 1.165) is 13.0 Å². The van der Waals surface area contributed by atoms with Gasteiger partial charge in [-0.25, -0.2) is 0 Å². The minimum atomic E-state index is -0.468. The minimum absolute atomic E-state index is 0.0676. The van der Waals surface area contributed by atoms with E-state index < -0.39 is 6.04 Å². The summed E-state index contributed by atoms with van der Waals surface area (Å²) >= 11 is 0. The van der Waals surface area contributed by atoms with Crippen LogP contribution in [0.4, 0.5) is 0 Å². The first-order valence-corrected chi connectivity index (χ1v) is 7.35. The van der Waals surface area contributed by atoms with Gasteiger partial charge < -0.3 is 15.5 Å². The molecule has 0 aliphatic carbocycles. The highest BCUT2D eigenvalue weighted by Crippen LogP contribution is 2.08. The summed E-state index contributed by atoms with van der Waals surface area (Å²) in [7, 11) is 3.99. The Balaban J connectivity index is 4.72. The van der Waals surface area contributed by atoms with E-state index in [1.807, 2.05) is 27.9 Å². The van der Waals surface area contributed by atoms with E-state index in [1.54, 1.807) is 0 Å². The van der Waals surface area contributed by atoms with Crippen molar-refractivity contribution in [1.82, 2.24) is 15.5 Å². The number of hydrogen-bond acceptors (Lipinski definition) is 3. The molecule has 0 aliphatic rings. The molecule has 0 bridgehead atoms. The lowest BCUT2D eigenvalue weighted by Crippen LogP contribution is -2.53. The van der Waals surface area contributed by atoms with Gasteiger partial charge >= 0.3 is 0 Å². The maximum absolute atomic E-state index is 12.3. The fraction of sp³-hybridized carbons (Fsp3) is 0.867. The smallest absolute Gasteiger partial charge is 0.243 e. The Kier molecular flexibility index (Phi) is 8.46. The Bertz CT molecular complexity index is 304. The van der Waals surface area contributed by atoms with Gasteiger partial charge in [-0.15, -0.1) is 0 Å². The fourth-order valence-corrected chi connectivity index (χ4v) is 2.23. The van der Waals surface area contributed by atoms with Crippen molar-refractivity contribution in [2.75, 3.05) is 20.6 Å². The highest BCUT2D eigenvalue weighted by Gasteiger charge is 2.25. The fourth-order valence-electron chi connectivity index (χ4n) is 2.23. The summed E-state index contributed by atoms with van der Waals surface area (Å²) in [5.41, 5.74) is 0. The van der Waals surface area contributed by atoms with Gasteiger partial charge in [0.2, 0.25) is 11.8 Å². The molecule has 0 radical (unpaired) electrons. The molecule has 0 spiro atoms. The number of carbonyl (C=O) groups is 2. The van der Waals surface area contributed by atoms with Crippen LogP contribution >= 0.6 is 0 Å². The van der Waals surface area contributed by atoms with Gasteiger partial charge in [0, 0.05) is 19.5 Å². The van der Waals surface area contributed by atoms with Crippen LogP contribution in [0.3, 0.4) is 0 Å². The first kappa shape index (κ1) is 18.9. The molecule has 5 nitrogen and oxygen atoms in total. The molecule has 0 saturated carbocycles. The zero-order chi connectivity index (χ0) is 15.9. The molecule has 0 aromatic rings. The average molecular weight is 285 g/mol. The first-order valence-electron chi connectivity index (χ1n) is 7.35. The van der Waals surface area contributed by atoms with Gasteiger partial charge in [-0.2, -0.15) is 0 Å². The molecule has 20 heavy (non-hydrogen) atoms. The SMILES string of the molecule is CC(=O)NC(C(=O)NC(CC(C)C)CN(C)C)C(C)C. The molecule has 0 aromatic heterocycles. The van der Waals surface area contributed by atoms with Crippen LogP contribution in [-0.4, -0.2) is 49.4 Å². The van der Waals surface area contributed by atoms with Crippen LogP contribution in [0.25, 0.3) is 0 Å². The van der Waals surface area contributed by atoms with Gasteiger partial charge in [0.05, 0.1) is 0 Å². The Morgan fingerprint density at radius 3 is 1.95 bits per heavy atom. The Morgan fingerprint density at radius 1 is 1.05 bits per heavy atom. The van der Waals surface area contributed by atoms with Crippen molar-refractivity contribution in [2.24, 2.45) is 11.8 Å². The van der Waals surface area contributed by atoms with E-state index in [9.17, 15) is 9.59 Å². The third kappa shape index (κ3) is 8.15. The molecule has 0 aliphatic heterocycles. The molecule has 2 amide bonds. The number of amides is 2. The highest BCUT2D eigenvalue weighted by atomic mass is 16.2. The van der Waals surface area contributed by atoms with E-state index in [0.29, 0.717) is 5.92 Å². The summed E-state index contributed by atoms with van der Waals surface area (Å²) in [6.07, 6.45) is 0.925. The monoisotopic (exact) mass is 285 g/mol. The lowest BCUT2D eigenvalue weighted by atomic mass is 10.00. The molecule has 5 heteroatoms. The van der Waals surface area contributed by atoms with Crippen molar-refractivity contribution >= 4 is 11.8 Å². The maximum atomic E-state index is 12.3. The topological polar surface area (TPSA) is 61.4 Å². The number of carbonyl (C=O) groups excluding carboxylic acids is 2. The number of likely N-dealkylation sites (N-methyl/N-ethyl adjacent to an activating group) is 1. The van der Waals surface area contributed by atoms with E-state index in [-0.39, 0.29) is 23.8 Å². The first-order chi connectivity index (χ1) is 9.13. The van der Waals surface area contributed by atoms with Crippen LogP contribution in [0.2, 0.25) is 0 Å². The summed E-state index contributed by atoms with van der Waals surface area (Å²) in [6.45, 7) is 10.4. The predicted octanol–water partition coefficient (Wildman–Crippen LogP) is 1.24. The number of nitrogens with one attached hydrogen (secondary N) is 2. The summed E-state index contributed by atoms with van der Waals surface area (Å²) in [5, 5.41) is 5.80. The van der Waals surface area contributed by atoms with Crippen LogP contribution < -0.4 is 10.6 Å². The normalized spacial score (nSPS) is 14.5. The van der Waals surface area contributed by atoms with E-state index >= 15 is 0 Å². The summed E-state index contributed by atoms with van der Waals surface area (Å²) in [5.74, 6) is 0.311. The van der Waals surface area contributed by atoms with Crippen LogP contribution in [0.5, 0.6) is 0 Å². The molecular formula is C15H31N3O2. The molecule has 2 atom stereocenters. The summed E-state index contributed by atoms with van der Waals surface area (Å²) < 4.78 is 0. The van der Waals surface area contributed by atoms with Gasteiger partial charge in [-0.05, 0) is 32.4 Å². The highest BCUT2D eigenvalue weighted by molar-refractivity contribution is 5.87. The molecule has 0 rings (SSSR count). The quantitative estimate of drug-likeness (QED) is 0.705. The van der Waals surface area contributed by atoms with Gasteiger partial charge in [-0.3, -0.25) is 9.59 Å². The lowest BCUT2D eigenvalue weighted by Gasteiger charge is -2.28. The molecule has 2 unspecified atom stereocenters. The second-order valence-corrected chi connectivity index (χ2v) is 6.52. The Labute approximate surface area is 123 Å². The van der Waals surface area contributed by atoms with Gasteiger partial charge in [0.1, 0.15) is 6.04 Å². The second-order valence-electron chi connectivity index (χ2n) is 6.52. The number of hydrogen-bond donors (Lipinski definition) is 2.